The summed E-state index contributed by atoms with van der Waals surface area (Å²) in [4.78, 5) is 22.2. The summed E-state index contributed by atoms with van der Waals surface area (Å²) < 4.78 is 3.45. The summed E-state index contributed by atoms with van der Waals surface area (Å²) in [5, 5.41) is 20.5. The minimum atomic E-state index is -1.08. The second-order valence-electron chi connectivity index (χ2n) is 3.33. The molecule has 8 nitrogen and oxygen atoms in total. The number of carboxylic acid groups (broad SMARTS) is 1. The standard InChI is InChI=1S/C7H11N5O3S/c1-3(2)4(5(13)14)8-6(15)9-7-10-11-12-16-7/h3-4H,1-2H3,(H,13,14)(H2,8,9,10,12,15)/t4-/m1/s1. The summed E-state index contributed by atoms with van der Waals surface area (Å²) in [5.74, 6) is -1.30. The van der Waals surface area contributed by atoms with Crippen LogP contribution in [0.3, 0.4) is 0 Å². The number of nitrogens with one attached hydrogen (secondary N) is 2. The first-order chi connectivity index (χ1) is 7.50. The van der Waals surface area contributed by atoms with Gasteiger partial charge in [-0.3, -0.25) is 5.32 Å². The Morgan fingerprint density at radius 1 is 1.44 bits per heavy atom. The maximum atomic E-state index is 11.4. The molecule has 1 rings (SSSR count). The summed E-state index contributed by atoms with van der Waals surface area (Å²) in [5.41, 5.74) is 0. The van der Waals surface area contributed by atoms with Gasteiger partial charge in [-0.1, -0.05) is 23.4 Å². The molecule has 3 N–H and O–H groups in total. The second-order valence-corrected chi connectivity index (χ2v) is 4.06. The summed E-state index contributed by atoms with van der Waals surface area (Å²) in [6.07, 6.45) is 0. The number of carbonyl (C=O) groups excluding carboxylic acids is 1. The number of hydrogen-bond acceptors (Lipinski definition) is 6. The molecule has 1 aromatic heterocycles. The van der Waals surface area contributed by atoms with Gasteiger partial charge in [-0.2, -0.15) is 0 Å². The van der Waals surface area contributed by atoms with Crippen LogP contribution in [-0.4, -0.2) is 37.9 Å². The molecule has 0 aliphatic carbocycles. The number of aromatic nitrogens is 3. The van der Waals surface area contributed by atoms with Gasteiger partial charge in [0, 0.05) is 11.5 Å². The first kappa shape index (κ1) is 12.3. The molecule has 0 unspecified atom stereocenters. The third kappa shape index (κ3) is 3.42. The number of amides is 2. The van der Waals surface area contributed by atoms with Crippen LogP contribution in [0, 0.1) is 5.92 Å². The van der Waals surface area contributed by atoms with Crippen molar-refractivity contribution in [3.05, 3.63) is 0 Å². The summed E-state index contributed by atoms with van der Waals surface area (Å²) in [6, 6.07) is -1.58. The van der Waals surface area contributed by atoms with Gasteiger partial charge in [-0.15, -0.1) is 0 Å². The van der Waals surface area contributed by atoms with Crippen molar-refractivity contribution in [3.8, 4) is 0 Å². The van der Waals surface area contributed by atoms with Gasteiger partial charge in [-0.05, 0) is 11.1 Å². The summed E-state index contributed by atoms with van der Waals surface area (Å²) >= 11 is 0.904. The van der Waals surface area contributed by atoms with Crippen molar-refractivity contribution >= 4 is 28.7 Å². The number of hydrogen-bond donors (Lipinski definition) is 3. The van der Waals surface area contributed by atoms with Crippen molar-refractivity contribution in [2.24, 2.45) is 5.92 Å². The molecule has 0 spiro atoms. The number of rotatable bonds is 4. The third-order valence-corrected chi connectivity index (χ3v) is 2.25. The molecular formula is C7H11N5O3S. The van der Waals surface area contributed by atoms with Crippen LogP contribution in [0.4, 0.5) is 9.93 Å². The van der Waals surface area contributed by atoms with E-state index in [9.17, 15) is 9.59 Å². The predicted octanol–water partition coefficient (Wildman–Crippen LogP) is 0.164. The fraction of sp³-hybridized carbons (Fsp3) is 0.571. The van der Waals surface area contributed by atoms with Gasteiger partial charge in [0.15, 0.2) is 0 Å². The van der Waals surface area contributed by atoms with Gasteiger partial charge in [0.25, 0.3) is 0 Å². The highest BCUT2D eigenvalue weighted by molar-refractivity contribution is 7.09. The Labute approximate surface area is 95.2 Å². The lowest BCUT2D eigenvalue weighted by Gasteiger charge is -2.17. The first-order valence-electron chi connectivity index (χ1n) is 4.46. The minimum absolute atomic E-state index is 0.212. The SMILES string of the molecule is CC(C)[C@@H](NC(=O)Nc1nnns1)C(=O)O. The van der Waals surface area contributed by atoms with Crippen molar-refractivity contribution in [2.75, 3.05) is 5.32 Å². The molecule has 0 fully saturated rings. The quantitative estimate of drug-likeness (QED) is 0.695. The van der Waals surface area contributed by atoms with E-state index in [0.29, 0.717) is 0 Å². The maximum absolute atomic E-state index is 11.4. The topological polar surface area (TPSA) is 117 Å². The second kappa shape index (κ2) is 5.35. The Hall–Kier alpha value is -1.77. The van der Waals surface area contributed by atoms with Crippen LogP contribution in [0.15, 0.2) is 0 Å². The van der Waals surface area contributed by atoms with Crippen LogP contribution in [-0.2, 0) is 4.79 Å². The van der Waals surface area contributed by atoms with Crippen molar-refractivity contribution in [2.45, 2.75) is 19.9 Å². The van der Waals surface area contributed by atoms with Gasteiger partial charge < -0.3 is 10.4 Å². The lowest BCUT2D eigenvalue weighted by molar-refractivity contribution is -0.140. The Kier molecular flexibility index (Phi) is 4.11. The van der Waals surface area contributed by atoms with Gasteiger partial charge in [0.2, 0.25) is 5.13 Å². The molecule has 1 heterocycles. The van der Waals surface area contributed by atoms with Crippen LogP contribution in [0.1, 0.15) is 13.8 Å². The van der Waals surface area contributed by atoms with E-state index >= 15 is 0 Å². The molecule has 0 aliphatic rings. The van der Waals surface area contributed by atoms with Gasteiger partial charge >= 0.3 is 12.0 Å². The maximum Gasteiger partial charge on any atom is 0.326 e. The lowest BCUT2D eigenvalue weighted by atomic mass is 10.1. The van der Waals surface area contributed by atoms with Crippen LogP contribution in [0.5, 0.6) is 0 Å². The zero-order chi connectivity index (χ0) is 12.1. The molecule has 0 aromatic carbocycles. The number of anilines is 1. The van der Waals surface area contributed by atoms with E-state index in [4.69, 9.17) is 5.11 Å². The van der Waals surface area contributed by atoms with E-state index in [1.165, 1.54) is 0 Å². The summed E-state index contributed by atoms with van der Waals surface area (Å²) in [6.45, 7) is 3.40. The van der Waals surface area contributed by atoms with Crippen LogP contribution >= 0.6 is 11.5 Å². The number of carbonyl (C=O) groups is 2. The highest BCUT2D eigenvalue weighted by atomic mass is 32.1. The number of aliphatic carboxylic acids is 1. The van der Waals surface area contributed by atoms with Crippen molar-refractivity contribution in [3.63, 3.8) is 0 Å². The molecule has 0 radical (unpaired) electrons. The van der Waals surface area contributed by atoms with Gasteiger partial charge in [0.05, 0.1) is 0 Å². The monoisotopic (exact) mass is 245 g/mol. The van der Waals surface area contributed by atoms with Gasteiger partial charge in [0.1, 0.15) is 6.04 Å². The molecule has 2 amide bonds. The van der Waals surface area contributed by atoms with Crippen LogP contribution in [0.2, 0.25) is 0 Å². The third-order valence-electron chi connectivity index (χ3n) is 1.74. The molecule has 1 aromatic rings. The fourth-order valence-electron chi connectivity index (χ4n) is 0.970. The molecule has 88 valence electrons. The van der Waals surface area contributed by atoms with Crippen LogP contribution in [0.25, 0.3) is 0 Å². The first-order valence-corrected chi connectivity index (χ1v) is 5.23. The molecule has 0 aliphatic heterocycles. The number of urea groups is 1. The minimum Gasteiger partial charge on any atom is -0.480 e. The van der Waals surface area contributed by atoms with Crippen molar-refractivity contribution < 1.29 is 14.7 Å². The molecule has 0 saturated heterocycles. The Bertz CT molecular complexity index is 366. The summed E-state index contributed by atoms with van der Waals surface area (Å²) in [7, 11) is 0. The van der Waals surface area contributed by atoms with E-state index in [1.807, 2.05) is 0 Å². The van der Waals surface area contributed by atoms with E-state index in [1.54, 1.807) is 13.8 Å². The molecular weight excluding hydrogens is 234 g/mol. The molecule has 1 atom stereocenters. The van der Waals surface area contributed by atoms with Crippen molar-refractivity contribution in [1.29, 1.82) is 0 Å². The highest BCUT2D eigenvalue weighted by Crippen LogP contribution is 2.06. The van der Waals surface area contributed by atoms with Gasteiger partial charge in [-0.25, -0.2) is 9.59 Å². The number of carboxylic acids is 1. The van der Waals surface area contributed by atoms with Crippen molar-refractivity contribution in [1.82, 2.24) is 20.1 Å². The predicted molar refractivity (Wildman–Crippen MR) is 56.1 cm³/mol. The average Bonchev–Trinajstić information content (AvgIpc) is 2.65. The Morgan fingerprint density at radius 3 is 2.56 bits per heavy atom. The number of nitrogens with zero attached hydrogens (tertiary/aromatic N) is 3. The van der Waals surface area contributed by atoms with E-state index in [2.05, 4.69) is 25.4 Å². The molecule has 0 bridgehead atoms. The fourth-order valence-corrected chi connectivity index (χ4v) is 1.33. The lowest BCUT2D eigenvalue weighted by Crippen LogP contribution is -2.46. The Morgan fingerprint density at radius 2 is 2.12 bits per heavy atom. The van der Waals surface area contributed by atoms with Crippen LogP contribution < -0.4 is 10.6 Å². The molecule has 16 heavy (non-hydrogen) atoms. The van der Waals surface area contributed by atoms with E-state index in [0.717, 1.165) is 11.5 Å². The molecule has 0 saturated carbocycles. The zero-order valence-electron chi connectivity index (χ0n) is 8.67. The van der Waals surface area contributed by atoms with E-state index in [-0.39, 0.29) is 11.0 Å². The smallest absolute Gasteiger partial charge is 0.326 e. The largest absolute Gasteiger partial charge is 0.480 e. The van der Waals surface area contributed by atoms with E-state index < -0.39 is 18.0 Å². The zero-order valence-corrected chi connectivity index (χ0v) is 9.48. The highest BCUT2D eigenvalue weighted by Gasteiger charge is 2.23. The Balaban J connectivity index is 2.52. The normalized spacial score (nSPS) is 12.2. The average molecular weight is 245 g/mol. The molecule has 9 heteroatoms.